The van der Waals surface area contributed by atoms with Gasteiger partial charge in [0.2, 0.25) is 0 Å². The number of nitrogens with zero attached hydrogens (tertiary/aromatic N) is 2. The molecule has 2 aromatic rings. The van der Waals surface area contributed by atoms with Crippen molar-refractivity contribution in [1.29, 1.82) is 0 Å². The maximum atomic E-state index is 13.0. The number of rotatable bonds is 2. The Kier molecular flexibility index (Phi) is 3.45. The van der Waals surface area contributed by atoms with Crippen molar-refractivity contribution >= 4 is 35.0 Å². The smallest absolute Gasteiger partial charge is 0.281 e. The second kappa shape index (κ2) is 5.41. The maximum absolute atomic E-state index is 13.0. The number of carbonyl (C=O) groups excluding carboxylic acids is 1. The minimum Gasteiger partial charge on any atom is -0.327 e. The first kappa shape index (κ1) is 13.4. The summed E-state index contributed by atoms with van der Waals surface area (Å²) in [5, 5.41) is 3.11. The summed E-state index contributed by atoms with van der Waals surface area (Å²) in [4.78, 5) is 17.8. The average molecular weight is 299 g/mol. The lowest BCUT2D eigenvalue weighted by atomic mass is 10.2. The molecular formula is C15H10FN3OS. The van der Waals surface area contributed by atoms with Crippen LogP contribution < -0.4 is 10.2 Å². The summed E-state index contributed by atoms with van der Waals surface area (Å²) < 4.78 is 13.0. The van der Waals surface area contributed by atoms with E-state index in [4.69, 9.17) is 12.2 Å². The highest BCUT2D eigenvalue weighted by molar-refractivity contribution is 7.80. The number of hydrogen-bond donors (Lipinski definition) is 1. The van der Waals surface area contributed by atoms with Crippen LogP contribution in [0.25, 0.3) is 6.08 Å². The quantitative estimate of drug-likeness (QED) is 0.683. The lowest BCUT2D eigenvalue weighted by Crippen LogP contribution is -2.30. The van der Waals surface area contributed by atoms with Crippen molar-refractivity contribution in [1.82, 2.24) is 10.3 Å². The van der Waals surface area contributed by atoms with E-state index in [1.54, 1.807) is 24.4 Å². The van der Waals surface area contributed by atoms with Crippen LogP contribution in [0.3, 0.4) is 0 Å². The fraction of sp³-hybridized carbons (Fsp3) is 0. The van der Waals surface area contributed by atoms with E-state index in [0.717, 1.165) is 0 Å². The number of pyridine rings is 1. The van der Waals surface area contributed by atoms with Gasteiger partial charge in [-0.15, -0.1) is 0 Å². The zero-order valence-electron chi connectivity index (χ0n) is 10.8. The highest BCUT2D eigenvalue weighted by atomic mass is 32.1. The molecular weight excluding hydrogens is 289 g/mol. The molecule has 0 radical (unpaired) electrons. The molecule has 3 rings (SSSR count). The van der Waals surface area contributed by atoms with Crippen LogP contribution in [0.1, 0.15) is 5.69 Å². The predicted octanol–water partition coefficient (Wildman–Crippen LogP) is 2.48. The van der Waals surface area contributed by atoms with Crippen LogP contribution in [0.5, 0.6) is 0 Å². The van der Waals surface area contributed by atoms with Gasteiger partial charge in [0.25, 0.3) is 5.91 Å². The van der Waals surface area contributed by atoms with E-state index in [0.29, 0.717) is 17.1 Å². The Labute approximate surface area is 125 Å². The number of benzene rings is 1. The topological polar surface area (TPSA) is 45.2 Å². The summed E-state index contributed by atoms with van der Waals surface area (Å²) in [6.07, 6.45) is 3.26. The highest BCUT2D eigenvalue weighted by Gasteiger charge is 2.31. The van der Waals surface area contributed by atoms with Gasteiger partial charge in [-0.25, -0.2) is 4.39 Å². The largest absolute Gasteiger partial charge is 0.327 e. The second-order valence-corrected chi connectivity index (χ2v) is 4.75. The standard InChI is InChI=1S/C15H10FN3OS/c16-10-4-6-12(7-5-10)19-14(20)13(18-15(19)21)9-11-3-1-2-8-17-11/h1-9H,(H,18,21)/b13-9+. The Balaban J connectivity index is 1.92. The number of nitrogens with one attached hydrogen (secondary N) is 1. The summed E-state index contributed by atoms with van der Waals surface area (Å²) in [5.41, 5.74) is 1.50. The molecule has 1 aliphatic heterocycles. The number of anilines is 1. The maximum Gasteiger partial charge on any atom is 0.281 e. The van der Waals surface area contributed by atoms with Crippen LogP contribution in [-0.2, 0) is 4.79 Å². The van der Waals surface area contributed by atoms with Crippen molar-refractivity contribution in [3.8, 4) is 0 Å². The molecule has 1 N–H and O–H groups in total. The van der Waals surface area contributed by atoms with Crippen molar-refractivity contribution in [2.75, 3.05) is 4.90 Å². The fourth-order valence-corrected chi connectivity index (χ4v) is 2.27. The Bertz CT molecular complexity index is 728. The van der Waals surface area contributed by atoms with Crippen molar-refractivity contribution in [3.05, 3.63) is 65.9 Å². The monoisotopic (exact) mass is 299 g/mol. The molecule has 4 nitrogen and oxygen atoms in total. The zero-order valence-corrected chi connectivity index (χ0v) is 11.6. The number of carbonyl (C=O) groups is 1. The first-order valence-electron chi connectivity index (χ1n) is 6.19. The van der Waals surface area contributed by atoms with E-state index < -0.39 is 0 Å². The summed E-state index contributed by atoms with van der Waals surface area (Å²) >= 11 is 5.16. The first-order chi connectivity index (χ1) is 10.1. The highest BCUT2D eigenvalue weighted by Crippen LogP contribution is 2.22. The van der Waals surface area contributed by atoms with Crippen LogP contribution in [0.4, 0.5) is 10.1 Å². The second-order valence-electron chi connectivity index (χ2n) is 4.36. The molecule has 104 valence electrons. The Hall–Kier alpha value is -2.60. The fourth-order valence-electron chi connectivity index (χ4n) is 1.97. The molecule has 1 fully saturated rings. The lowest BCUT2D eigenvalue weighted by molar-refractivity contribution is -0.113. The molecule has 0 saturated carbocycles. The number of halogens is 1. The first-order valence-corrected chi connectivity index (χ1v) is 6.60. The molecule has 21 heavy (non-hydrogen) atoms. The molecule has 0 unspecified atom stereocenters. The Morgan fingerprint density at radius 1 is 1.19 bits per heavy atom. The molecule has 0 bridgehead atoms. The summed E-state index contributed by atoms with van der Waals surface area (Å²) in [5.74, 6) is -0.661. The number of hydrogen-bond acceptors (Lipinski definition) is 3. The predicted molar refractivity (Wildman–Crippen MR) is 81.8 cm³/mol. The third-order valence-corrected chi connectivity index (χ3v) is 3.23. The SMILES string of the molecule is O=C1/C(=C\c2ccccn2)NC(=S)N1c1ccc(F)cc1. The van der Waals surface area contributed by atoms with Crippen LogP contribution in [0.2, 0.25) is 0 Å². The molecule has 1 aromatic heterocycles. The summed E-state index contributed by atoms with van der Waals surface area (Å²) in [7, 11) is 0. The van der Waals surface area contributed by atoms with Gasteiger partial charge < -0.3 is 5.32 Å². The van der Waals surface area contributed by atoms with Crippen LogP contribution in [0.15, 0.2) is 54.4 Å². The Morgan fingerprint density at radius 3 is 2.62 bits per heavy atom. The van der Waals surface area contributed by atoms with E-state index in [2.05, 4.69) is 10.3 Å². The van der Waals surface area contributed by atoms with Gasteiger partial charge >= 0.3 is 0 Å². The lowest BCUT2D eigenvalue weighted by Gasteiger charge is -2.13. The normalized spacial score (nSPS) is 16.4. The van der Waals surface area contributed by atoms with Crippen molar-refractivity contribution < 1.29 is 9.18 Å². The van der Waals surface area contributed by atoms with Gasteiger partial charge in [-0.2, -0.15) is 0 Å². The minimum absolute atomic E-state index is 0.258. The molecule has 0 aliphatic carbocycles. The van der Waals surface area contributed by atoms with Gasteiger partial charge in [-0.3, -0.25) is 14.7 Å². The number of aromatic nitrogens is 1. The van der Waals surface area contributed by atoms with E-state index in [1.165, 1.54) is 29.2 Å². The van der Waals surface area contributed by atoms with Crippen LogP contribution in [-0.4, -0.2) is 16.0 Å². The van der Waals surface area contributed by atoms with Crippen LogP contribution >= 0.6 is 12.2 Å². The van der Waals surface area contributed by atoms with Crippen molar-refractivity contribution in [2.45, 2.75) is 0 Å². The zero-order chi connectivity index (χ0) is 14.8. The summed E-state index contributed by atoms with van der Waals surface area (Å²) in [6.45, 7) is 0. The molecule has 0 atom stereocenters. The third-order valence-electron chi connectivity index (χ3n) is 2.94. The molecule has 6 heteroatoms. The Morgan fingerprint density at radius 2 is 1.95 bits per heavy atom. The van der Waals surface area contributed by atoms with E-state index >= 15 is 0 Å². The van der Waals surface area contributed by atoms with Gasteiger partial charge in [0.15, 0.2) is 5.11 Å². The van der Waals surface area contributed by atoms with Gasteiger partial charge in [-0.1, -0.05) is 6.07 Å². The third kappa shape index (κ3) is 2.66. The van der Waals surface area contributed by atoms with Crippen molar-refractivity contribution in [3.63, 3.8) is 0 Å². The van der Waals surface area contributed by atoms with Gasteiger partial charge in [0.1, 0.15) is 11.5 Å². The molecule has 1 saturated heterocycles. The molecule has 1 aliphatic rings. The molecule has 1 amide bonds. The van der Waals surface area contributed by atoms with Gasteiger partial charge in [-0.05, 0) is 54.7 Å². The van der Waals surface area contributed by atoms with E-state index in [-0.39, 0.29) is 16.8 Å². The molecule has 2 heterocycles. The van der Waals surface area contributed by atoms with Crippen LogP contribution in [0, 0.1) is 5.82 Å². The van der Waals surface area contributed by atoms with Gasteiger partial charge in [0, 0.05) is 6.20 Å². The number of amides is 1. The minimum atomic E-state index is -0.367. The molecule has 1 aromatic carbocycles. The molecule has 0 spiro atoms. The summed E-state index contributed by atoms with van der Waals surface area (Å²) in [6, 6.07) is 11.0. The van der Waals surface area contributed by atoms with Gasteiger partial charge in [0.05, 0.1) is 11.4 Å². The van der Waals surface area contributed by atoms with Crippen molar-refractivity contribution in [2.24, 2.45) is 0 Å². The van der Waals surface area contributed by atoms with E-state index in [9.17, 15) is 9.18 Å². The average Bonchev–Trinajstić information content (AvgIpc) is 2.76. The van der Waals surface area contributed by atoms with E-state index in [1.807, 2.05) is 6.07 Å². The number of thiocarbonyl (C=S) groups is 1.